The van der Waals surface area contributed by atoms with Crippen molar-refractivity contribution in [2.45, 2.75) is 12.8 Å². The molecule has 2 N–H and O–H groups in total. The maximum atomic E-state index is 5.26. The summed E-state index contributed by atoms with van der Waals surface area (Å²) >= 11 is 0. The van der Waals surface area contributed by atoms with Crippen LogP contribution in [0, 0.1) is 5.92 Å². The number of hydrogen-bond acceptors (Lipinski definition) is 3. The van der Waals surface area contributed by atoms with Crippen molar-refractivity contribution in [1.29, 1.82) is 0 Å². The molecule has 1 rings (SSSR count). The third-order valence-corrected chi connectivity index (χ3v) is 2.08. The molecular formula is C8H18N2O. The van der Waals surface area contributed by atoms with Gasteiger partial charge in [0.2, 0.25) is 0 Å². The Hall–Kier alpha value is -0.120. The van der Waals surface area contributed by atoms with Crippen molar-refractivity contribution in [2.24, 2.45) is 5.92 Å². The molecule has 1 saturated heterocycles. The second-order valence-corrected chi connectivity index (χ2v) is 3.04. The van der Waals surface area contributed by atoms with E-state index in [4.69, 9.17) is 4.74 Å². The van der Waals surface area contributed by atoms with Crippen LogP contribution in [0.15, 0.2) is 0 Å². The zero-order chi connectivity index (χ0) is 7.94. The first-order chi connectivity index (χ1) is 5.43. The van der Waals surface area contributed by atoms with Crippen molar-refractivity contribution in [3.63, 3.8) is 0 Å². The maximum absolute atomic E-state index is 5.26. The molecule has 1 heterocycles. The summed E-state index contributed by atoms with van der Waals surface area (Å²) < 4.78 is 5.26. The third-order valence-electron chi connectivity index (χ3n) is 2.08. The highest BCUT2D eigenvalue weighted by Gasteiger charge is 2.12. The summed E-state index contributed by atoms with van der Waals surface area (Å²) in [6.07, 6.45) is 2.44. The monoisotopic (exact) mass is 158 g/mol. The smallest absolute Gasteiger partial charge is 0.0469 e. The van der Waals surface area contributed by atoms with Gasteiger partial charge in [0.05, 0.1) is 0 Å². The van der Waals surface area contributed by atoms with Crippen molar-refractivity contribution in [3.05, 3.63) is 0 Å². The van der Waals surface area contributed by atoms with E-state index in [1.165, 1.54) is 12.8 Å². The zero-order valence-corrected chi connectivity index (χ0v) is 7.23. The molecule has 3 nitrogen and oxygen atoms in total. The fourth-order valence-corrected chi connectivity index (χ4v) is 1.35. The first-order valence-corrected chi connectivity index (χ1v) is 4.36. The Kier molecular flexibility index (Phi) is 4.50. The molecule has 11 heavy (non-hydrogen) atoms. The molecule has 0 unspecified atom stereocenters. The molecular weight excluding hydrogens is 140 g/mol. The van der Waals surface area contributed by atoms with Gasteiger partial charge in [0, 0.05) is 19.9 Å². The Labute approximate surface area is 68.5 Å². The lowest BCUT2D eigenvalue weighted by Gasteiger charge is -2.22. The summed E-state index contributed by atoms with van der Waals surface area (Å²) in [4.78, 5) is 0. The average molecular weight is 158 g/mol. The molecule has 3 heteroatoms. The Bertz CT molecular complexity index is 92.1. The molecule has 1 aliphatic rings. The Balaban J connectivity index is 1.96. The number of nitrogens with one attached hydrogen (secondary N) is 2. The minimum absolute atomic E-state index is 0.831. The van der Waals surface area contributed by atoms with Gasteiger partial charge >= 0.3 is 0 Å². The summed E-state index contributed by atoms with van der Waals surface area (Å²) in [5.74, 6) is 0.831. The lowest BCUT2D eigenvalue weighted by Crippen LogP contribution is -2.32. The van der Waals surface area contributed by atoms with E-state index in [-0.39, 0.29) is 0 Å². The van der Waals surface area contributed by atoms with Gasteiger partial charge in [0.1, 0.15) is 0 Å². The van der Waals surface area contributed by atoms with Crippen LogP contribution in [0.25, 0.3) is 0 Å². The molecule has 0 aliphatic carbocycles. The first-order valence-electron chi connectivity index (χ1n) is 4.36. The molecule has 0 amide bonds. The van der Waals surface area contributed by atoms with E-state index < -0.39 is 0 Å². The molecule has 0 radical (unpaired) electrons. The van der Waals surface area contributed by atoms with Crippen LogP contribution in [0.5, 0.6) is 0 Å². The predicted octanol–water partition coefficient (Wildman–Crippen LogP) is 0.179. The van der Waals surface area contributed by atoms with Crippen LogP contribution in [0.1, 0.15) is 12.8 Å². The largest absolute Gasteiger partial charge is 0.381 e. The molecule has 0 atom stereocenters. The molecule has 0 spiro atoms. The van der Waals surface area contributed by atoms with Crippen molar-refractivity contribution < 1.29 is 4.74 Å². The van der Waals surface area contributed by atoms with Crippen LogP contribution in [0.2, 0.25) is 0 Å². The van der Waals surface area contributed by atoms with Crippen molar-refractivity contribution in [1.82, 2.24) is 10.6 Å². The Morgan fingerprint density at radius 3 is 2.73 bits per heavy atom. The summed E-state index contributed by atoms with van der Waals surface area (Å²) in [6, 6.07) is 0. The van der Waals surface area contributed by atoms with Crippen LogP contribution in [-0.2, 0) is 4.74 Å². The first kappa shape index (κ1) is 8.97. The molecule has 0 aromatic rings. The topological polar surface area (TPSA) is 33.3 Å². The van der Waals surface area contributed by atoms with Gasteiger partial charge in [-0.15, -0.1) is 0 Å². The Morgan fingerprint density at radius 1 is 1.36 bits per heavy atom. The third kappa shape index (κ3) is 3.70. The normalized spacial score (nSPS) is 20.5. The minimum atomic E-state index is 0.831. The van der Waals surface area contributed by atoms with E-state index in [0.717, 1.165) is 32.3 Å². The molecule has 0 saturated carbocycles. The second-order valence-electron chi connectivity index (χ2n) is 3.04. The van der Waals surface area contributed by atoms with E-state index >= 15 is 0 Å². The summed E-state index contributed by atoms with van der Waals surface area (Å²) in [5.41, 5.74) is 0. The average Bonchev–Trinajstić information content (AvgIpc) is 2.07. The summed E-state index contributed by atoms with van der Waals surface area (Å²) in [5, 5.41) is 6.40. The molecule has 0 aromatic carbocycles. The molecule has 1 fully saturated rings. The van der Waals surface area contributed by atoms with Crippen molar-refractivity contribution >= 4 is 0 Å². The van der Waals surface area contributed by atoms with Crippen LogP contribution in [-0.4, -0.2) is 33.5 Å². The van der Waals surface area contributed by atoms with Gasteiger partial charge in [-0.2, -0.15) is 0 Å². The standard InChI is InChI=1S/C8H18N2O/c1-9-7-10-6-8-2-4-11-5-3-8/h8-10H,2-7H2,1H3. The molecule has 66 valence electrons. The maximum Gasteiger partial charge on any atom is 0.0469 e. The van der Waals surface area contributed by atoms with Gasteiger partial charge in [0.25, 0.3) is 0 Å². The molecule has 1 aliphatic heterocycles. The summed E-state index contributed by atoms with van der Waals surface area (Å²) in [6.45, 7) is 3.94. The van der Waals surface area contributed by atoms with E-state index in [1.54, 1.807) is 0 Å². The van der Waals surface area contributed by atoms with Crippen LogP contribution in [0.4, 0.5) is 0 Å². The van der Waals surface area contributed by atoms with Gasteiger partial charge in [-0.25, -0.2) is 0 Å². The van der Waals surface area contributed by atoms with E-state index in [0.29, 0.717) is 0 Å². The highest BCUT2D eigenvalue weighted by atomic mass is 16.5. The van der Waals surface area contributed by atoms with Gasteiger partial charge in [-0.3, -0.25) is 0 Å². The number of rotatable bonds is 4. The lowest BCUT2D eigenvalue weighted by molar-refractivity contribution is 0.0662. The quantitative estimate of drug-likeness (QED) is 0.452. The fourth-order valence-electron chi connectivity index (χ4n) is 1.35. The van der Waals surface area contributed by atoms with Crippen molar-refractivity contribution in [3.8, 4) is 0 Å². The number of hydrogen-bond donors (Lipinski definition) is 2. The Morgan fingerprint density at radius 2 is 2.09 bits per heavy atom. The van der Waals surface area contributed by atoms with E-state index in [9.17, 15) is 0 Å². The summed E-state index contributed by atoms with van der Waals surface area (Å²) in [7, 11) is 1.96. The highest BCUT2D eigenvalue weighted by molar-refractivity contribution is 4.65. The van der Waals surface area contributed by atoms with E-state index in [2.05, 4.69) is 10.6 Å². The van der Waals surface area contributed by atoms with Crippen LogP contribution < -0.4 is 10.6 Å². The van der Waals surface area contributed by atoms with Gasteiger partial charge < -0.3 is 15.4 Å². The van der Waals surface area contributed by atoms with Crippen LogP contribution in [0.3, 0.4) is 0 Å². The minimum Gasteiger partial charge on any atom is -0.381 e. The van der Waals surface area contributed by atoms with E-state index in [1.807, 2.05) is 7.05 Å². The lowest BCUT2D eigenvalue weighted by atomic mass is 10.0. The van der Waals surface area contributed by atoms with Gasteiger partial charge in [-0.05, 0) is 32.4 Å². The van der Waals surface area contributed by atoms with Gasteiger partial charge in [-0.1, -0.05) is 0 Å². The molecule has 0 bridgehead atoms. The fraction of sp³-hybridized carbons (Fsp3) is 1.00. The van der Waals surface area contributed by atoms with Crippen LogP contribution >= 0.6 is 0 Å². The SMILES string of the molecule is CNCNCC1CCOCC1. The zero-order valence-electron chi connectivity index (χ0n) is 7.23. The number of ether oxygens (including phenoxy) is 1. The van der Waals surface area contributed by atoms with Gasteiger partial charge in [0.15, 0.2) is 0 Å². The molecule has 0 aromatic heterocycles. The highest BCUT2D eigenvalue weighted by Crippen LogP contribution is 2.12. The second kappa shape index (κ2) is 5.52. The predicted molar refractivity (Wildman–Crippen MR) is 45.5 cm³/mol. The van der Waals surface area contributed by atoms with Crippen molar-refractivity contribution in [2.75, 3.05) is 33.5 Å².